The van der Waals surface area contributed by atoms with Gasteiger partial charge in [-0.15, -0.1) is 0 Å². The fourth-order valence-corrected chi connectivity index (χ4v) is 6.22. The Bertz CT molecular complexity index is 740. The van der Waals surface area contributed by atoms with Gasteiger partial charge in [-0.25, -0.2) is 0 Å². The molecule has 0 amide bonds. The highest BCUT2D eigenvalue weighted by atomic mass is 79.9. The van der Waals surface area contributed by atoms with Gasteiger partial charge in [0.25, 0.3) is 0 Å². The Kier molecular flexibility index (Phi) is 4.86. The van der Waals surface area contributed by atoms with Crippen LogP contribution in [-0.2, 0) is 0 Å². The predicted molar refractivity (Wildman–Crippen MR) is 106 cm³/mol. The lowest BCUT2D eigenvalue weighted by Gasteiger charge is -2.14. The molecule has 0 aliphatic carbocycles. The number of hydrogen-bond donors (Lipinski definition) is 0. The van der Waals surface area contributed by atoms with Crippen LogP contribution in [0.4, 0.5) is 0 Å². The van der Waals surface area contributed by atoms with Crippen molar-refractivity contribution in [2.24, 2.45) is 0 Å². The summed E-state index contributed by atoms with van der Waals surface area (Å²) in [6, 6.07) is 2.02. The summed E-state index contributed by atoms with van der Waals surface area (Å²) in [5.74, 6) is 1.78. The Morgan fingerprint density at radius 2 is 1.10 bits per heavy atom. The van der Waals surface area contributed by atoms with Crippen LogP contribution >= 0.6 is 112 Å². The van der Waals surface area contributed by atoms with Gasteiger partial charge < -0.3 is 4.74 Å². The number of ether oxygens (including phenoxy) is 1. The molecule has 104 valence electrons. The second-order valence-corrected chi connectivity index (χ2v) is 9.48. The average molecular weight is 720 g/mol. The molecule has 2 aromatic rings. The highest BCUT2D eigenvalue weighted by Gasteiger charge is 2.30. The third-order valence-electron chi connectivity index (χ3n) is 2.78. The molecule has 20 heavy (non-hydrogen) atoms. The summed E-state index contributed by atoms with van der Waals surface area (Å²) in [5, 5.41) is 0. The van der Waals surface area contributed by atoms with E-state index in [0.717, 1.165) is 53.9 Å². The zero-order valence-corrected chi connectivity index (χ0v) is 20.2. The van der Waals surface area contributed by atoms with Gasteiger partial charge in [0, 0.05) is 38.0 Å². The van der Waals surface area contributed by atoms with Gasteiger partial charge in [-0.3, -0.25) is 0 Å². The van der Waals surface area contributed by atoms with Gasteiger partial charge in [-0.2, -0.15) is 0 Å². The van der Waals surface area contributed by atoms with Crippen LogP contribution in [-0.4, -0.2) is 0 Å². The van der Waals surface area contributed by atoms with Gasteiger partial charge in [0.15, 0.2) is 11.5 Å². The van der Waals surface area contributed by atoms with Crippen LogP contribution in [0.5, 0.6) is 11.5 Å². The van der Waals surface area contributed by atoms with E-state index in [0.29, 0.717) is 0 Å². The number of hydrogen-bond acceptors (Lipinski definition) is 1. The SMILES string of the molecule is Brc1c(-c2c(Br)c(Br)c(Br)c(Br)c2Br)cc2c(c1Br)O2. The van der Waals surface area contributed by atoms with Crippen LogP contribution in [0.15, 0.2) is 37.4 Å². The van der Waals surface area contributed by atoms with E-state index in [1.807, 2.05) is 6.07 Å². The van der Waals surface area contributed by atoms with Gasteiger partial charge in [-0.1, -0.05) is 0 Å². The summed E-state index contributed by atoms with van der Waals surface area (Å²) < 4.78 is 12.0. The maximum absolute atomic E-state index is 5.44. The van der Waals surface area contributed by atoms with Crippen LogP contribution in [0.1, 0.15) is 0 Å². The fourth-order valence-electron chi connectivity index (χ4n) is 1.77. The molecule has 1 aliphatic heterocycles. The molecule has 0 radical (unpaired) electrons. The predicted octanol–water partition coefficient (Wildman–Crippen LogP) is 8.80. The van der Waals surface area contributed by atoms with Crippen molar-refractivity contribution < 1.29 is 4.74 Å². The molecule has 2 aromatic carbocycles. The van der Waals surface area contributed by atoms with Crippen molar-refractivity contribution in [1.82, 2.24) is 0 Å². The van der Waals surface area contributed by atoms with Crippen molar-refractivity contribution in [3.8, 4) is 22.6 Å². The number of halogens is 7. The summed E-state index contributed by atoms with van der Waals surface area (Å²) in [4.78, 5) is 0. The minimum absolute atomic E-state index is 0.892. The van der Waals surface area contributed by atoms with Crippen molar-refractivity contribution in [3.63, 3.8) is 0 Å². The standard InChI is InChI=1S/C12HBr7O/c13-5-2(1-3-12(20-3)11(5)19)4-6(14)8(16)10(18)9(17)7(4)15/h1H. The average Bonchev–Trinajstić information content (AvgIpc) is 3.19. The molecule has 3 rings (SSSR count). The van der Waals surface area contributed by atoms with E-state index in [1.165, 1.54) is 0 Å². The Morgan fingerprint density at radius 1 is 0.600 bits per heavy atom. The lowest BCUT2D eigenvalue weighted by atomic mass is 10.1. The van der Waals surface area contributed by atoms with Crippen molar-refractivity contribution >= 4 is 112 Å². The monoisotopic (exact) mass is 713 g/mol. The van der Waals surface area contributed by atoms with Crippen LogP contribution in [0.3, 0.4) is 0 Å². The normalized spacial score (nSPS) is 12.2. The molecule has 1 heterocycles. The minimum Gasteiger partial charge on any atom is -0.448 e. The third kappa shape index (κ3) is 2.55. The lowest BCUT2D eigenvalue weighted by molar-refractivity contribution is 0.647. The summed E-state index contributed by atoms with van der Waals surface area (Å²) in [6.07, 6.45) is 0. The quantitative estimate of drug-likeness (QED) is 0.139. The zero-order valence-electron chi connectivity index (χ0n) is 9.13. The van der Waals surface area contributed by atoms with E-state index in [9.17, 15) is 0 Å². The highest BCUT2D eigenvalue weighted by Crippen LogP contribution is 2.59. The van der Waals surface area contributed by atoms with Crippen molar-refractivity contribution in [1.29, 1.82) is 0 Å². The second kappa shape index (κ2) is 5.91. The molecule has 0 fully saturated rings. The van der Waals surface area contributed by atoms with Gasteiger partial charge in [0.1, 0.15) is 0 Å². The maximum atomic E-state index is 5.44. The lowest BCUT2D eigenvalue weighted by Crippen LogP contribution is -1.88. The van der Waals surface area contributed by atoms with Gasteiger partial charge in [0.2, 0.25) is 0 Å². The third-order valence-corrected chi connectivity index (χ3v) is 11.0. The molecular formula is C12HBr7O. The summed E-state index contributed by atoms with van der Waals surface area (Å²) in [6.45, 7) is 0. The van der Waals surface area contributed by atoms with E-state index in [1.54, 1.807) is 0 Å². The van der Waals surface area contributed by atoms with Crippen LogP contribution in [0.2, 0.25) is 0 Å². The molecule has 0 unspecified atom stereocenters. The first kappa shape index (κ1) is 16.5. The van der Waals surface area contributed by atoms with Gasteiger partial charge in [0.05, 0.1) is 4.47 Å². The largest absolute Gasteiger partial charge is 0.448 e. The molecule has 8 heteroatoms. The van der Waals surface area contributed by atoms with E-state index in [2.05, 4.69) is 112 Å². The van der Waals surface area contributed by atoms with Crippen LogP contribution in [0, 0.1) is 0 Å². The summed E-state index contributed by atoms with van der Waals surface area (Å²) >= 11 is 25.2. The van der Waals surface area contributed by atoms with E-state index >= 15 is 0 Å². The zero-order chi connectivity index (χ0) is 14.8. The summed E-state index contributed by atoms with van der Waals surface area (Å²) in [7, 11) is 0. The van der Waals surface area contributed by atoms with E-state index in [-0.39, 0.29) is 0 Å². The molecule has 0 spiro atoms. The molecule has 1 aliphatic rings. The highest BCUT2D eigenvalue weighted by molar-refractivity contribution is 9.16. The first-order valence-corrected chi connectivity index (χ1v) is 10.6. The number of fused-ring (bicyclic) bond motifs is 1. The van der Waals surface area contributed by atoms with Crippen molar-refractivity contribution in [2.45, 2.75) is 0 Å². The molecule has 0 saturated heterocycles. The van der Waals surface area contributed by atoms with Crippen molar-refractivity contribution in [3.05, 3.63) is 37.4 Å². The topological polar surface area (TPSA) is 12.5 Å². The van der Waals surface area contributed by atoms with Gasteiger partial charge in [-0.05, 0) is 118 Å². The molecule has 0 N–H and O–H groups in total. The van der Waals surface area contributed by atoms with Crippen molar-refractivity contribution in [2.75, 3.05) is 0 Å². The first-order valence-electron chi connectivity index (χ1n) is 5.06. The Balaban J connectivity index is 2.38. The Labute approximate surface area is 174 Å². The first-order chi connectivity index (χ1) is 9.34. The van der Waals surface area contributed by atoms with Crippen LogP contribution < -0.4 is 4.74 Å². The Hall–Kier alpha value is 1.60. The van der Waals surface area contributed by atoms with E-state index < -0.39 is 0 Å². The molecule has 0 saturated carbocycles. The molecule has 1 nitrogen and oxygen atoms in total. The minimum atomic E-state index is 0.892. The molecular weight excluding hydrogens is 719 g/mol. The molecule has 0 bridgehead atoms. The smallest absolute Gasteiger partial charge is 0.185 e. The summed E-state index contributed by atoms with van der Waals surface area (Å²) in [5.41, 5.74) is 2.05. The second-order valence-electron chi connectivity index (χ2n) is 3.93. The molecule has 0 atom stereocenters. The van der Waals surface area contributed by atoms with Crippen LogP contribution in [0.25, 0.3) is 11.1 Å². The van der Waals surface area contributed by atoms with E-state index in [4.69, 9.17) is 4.74 Å². The number of rotatable bonds is 1. The fraction of sp³-hybridized carbons (Fsp3) is 0. The number of benzene rings is 2. The van der Waals surface area contributed by atoms with Gasteiger partial charge >= 0.3 is 0 Å². The Morgan fingerprint density at radius 3 is 1.65 bits per heavy atom. The maximum Gasteiger partial charge on any atom is 0.185 e. The molecule has 0 aromatic heterocycles.